The van der Waals surface area contributed by atoms with Crippen molar-refractivity contribution in [2.45, 2.75) is 66.1 Å². The van der Waals surface area contributed by atoms with Crippen LogP contribution >= 0.6 is 0 Å². The van der Waals surface area contributed by atoms with Crippen molar-refractivity contribution >= 4 is 23.8 Å². The van der Waals surface area contributed by atoms with E-state index in [0.29, 0.717) is 5.56 Å². The molecule has 1 atom stereocenters. The average Bonchev–Trinajstić information content (AvgIpc) is 2.45. The van der Waals surface area contributed by atoms with Gasteiger partial charge in [0.25, 0.3) is 0 Å². The van der Waals surface area contributed by atoms with Crippen molar-refractivity contribution < 1.29 is 29.0 Å². The number of hydrogen-bond donors (Lipinski definition) is 2. The van der Waals surface area contributed by atoms with Crippen molar-refractivity contribution in [3.05, 3.63) is 23.9 Å². The van der Waals surface area contributed by atoms with E-state index in [1.807, 2.05) is 0 Å². The summed E-state index contributed by atoms with van der Waals surface area (Å²) in [5, 5.41) is 12.0. The Morgan fingerprint density at radius 2 is 1.56 bits per heavy atom. The standard InChI is InChI=1S/C19H28N2O6/c1-17(2,3)26-15(24)19(7,14(22)23)10-12-8-9-13(20-11-12)21-16(25)27-18(4,5)6/h8-9,11H,10H2,1-7H3,(H,22,23)(H,20,21,25). The van der Waals surface area contributed by atoms with Gasteiger partial charge in [-0.05, 0) is 60.1 Å². The van der Waals surface area contributed by atoms with Gasteiger partial charge in [0.15, 0.2) is 5.41 Å². The van der Waals surface area contributed by atoms with Gasteiger partial charge in [-0.15, -0.1) is 0 Å². The number of esters is 1. The zero-order valence-corrected chi connectivity index (χ0v) is 16.9. The molecule has 0 aliphatic carbocycles. The Balaban J connectivity index is 2.89. The number of carbonyl (C=O) groups excluding carboxylic acids is 2. The van der Waals surface area contributed by atoms with E-state index in [1.54, 1.807) is 47.6 Å². The van der Waals surface area contributed by atoms with Gasteiger partial charge < -0.3 is 14.6 Å². The lowest BCUT2D eigenvalue weighted by Gasteiger charge is -2.28. The predicted octanol–water partition coefficient (Wildman–Crippen LogP) is 3.40. The maximum Gasteiger partial charge on any atom is 0.413 e. The first-order valence-electron chi connectivity index (χ1n) is 8.54. The van der Waals surface area contributed by atoms with Crippen LogP contribution < -0.4 is 5.32 Å². The summed E-state index contributed by atoms with van der Waals surface area (Å²) in [4.78, 5) is 39.9. The number of nitrogens with zero attached hydrogens (tertiary/aromatic N) is 1. The highest BCUT2D eigenvalue weighted by Gasteiger charge is 2.44. The molecule has 27 heavy (non-hydrogen) atoms. The molecule has 1 aromatic rings. The van der Waals surface area contributed by atoms with Gasteiger partial charge in [-0.25, -0.2) is 9.78 Å². The van der Waals surface area contributed by atoms with Crippen LogP contribution in [0.3, 0.4) is 0 Å². The zero-order chi connectivity index (χ0) is 21.0. The minimum absolute atomic E-state index is 0.100. The third kappa shape index (κ3) is 7.24. The number of carboxylic acid groups (broad SMARTS) is 1. The van der Waals surface area contributed by atoms with Gasteiger partial charge in [-0.3, -0.25) is 14.9 Å². The summed E-state index contributed by atoms with van der Waals surface area (Å²) in [5.74, 6) is -1.85. The van der Waals surface area contributed by atoms with Crippen LogP contribution in [-0.2, 0) is 25.5 Å². The van der Waals surface area contributed by atoms with Crippen molar-refractivity contribution in [1.82, 2.24) is 4.98 Å². The Labute approximate surface area is 159 Å². The van der Waals surface area contributed by atoms with E-state index in [-0.39, 0.29) is 12.2 Å². The normalized spacial score (nSPS) is 14.0. The second-order valence-corrected chi connectivity index (χ2v) is 8.49. The molecule has 150 valence electrons. The molecule has 1 rings (SSSR count). The first-order chi connectivity index (χ1) is 12.1. The number of aliphatic carboxylic acids is 1. The van der Waals surface area contributed by atoms with Crippen LogP contribution in [0.15, 0.2) is 18.3 Å². The SMILES string of the molecule is CC(C)(C)OC(=O)Nc1ccc(CC(C)(C(=O)O)C(=O)OC(C)(C)C)cn1. The van der Waals surface area contributed by atoms with Crippen LogP contribution in [0, 0.1) is 5.41 Å². The topological polar surface area (TPSA) is 115 Å². The summed E-state index contributed by atoms with van der Waals surface area (Å²) in [6.45, 7) is 11.6. The second-order valence-electron chi connectivity index (χ2n) is 8.49. The first-order valence-corrected chi connectivity index (χ1v) is 8.54. The zero-order valence-electron chi connectivity index (χ0n) is 16.9. The van der Waals surface area contributed by atoms with E-state index in [0.717, 1.165) is 0 Å². The van der Waals surface area contributed by atoms with Crippen molar-refractivity contribution in [2.75, 3.05) is 5.32 Å². The molecule has 1 heterocycles. The number of pyridine rings is 1. The molecule has 1 unspecified atom stereocenters. The van der Waals surface area contributed by atoms with Crippen molar-refractivity contribution in [3.8, 4) is 0 Å². The summed E-state index contributed by atoms with van der Waals surface area (Å²) in [6.07, 6.45) is 0.654. The third-order valence-electron chi connectivity index (χ3n) is 3.33. The fourth-order valence-corrected chi connectivity index (χ4v) is 2.05. The van der Waals surface area contributed by atoms with Gasteiger partial charge in [0, 0.05) is 12.6 Å². The average molecular weight is 380 g/mol. The number of anilines is 1. The Hall–Kier alpha value is -2.64. The molecule has 0 radical (unpaired) electrons. The van der Waals surface area contributed by atoms with E-state index < -0.39 is 34.6 Å². The molecule has 8 nitrogen and oxygen atoms in total. The van der Waals surface area contributed by atoms with Crippen LogP contribution in [0.5, 0.6) is 0 Å². The number of carboxylic acids is 1. The van der Waals surface area contributed by atoms with E-state index in [4.69, 9.17) is 9.47 Å². The van der Waals surface area contributed by atoms with Crippen LogP contribution in [-0.4, -0.2) is 39.3 Å². The Morgan fingerprint density at radius 3 is 1.96 bits per heavy atom. The van der Waals surface area contributed by atoms with Crippen LogP contribution in [0.25, 0.3) is 0 Å². The van der Waals surface area contributed by atoms with Crippen molar-refractivity contribution in [1.29, 1.82) is 0 Å². The molecular formula is C19H28N2O6. The maximum atomic E-state index is 12.4. The number of ether oxygens (including phenoxy) is 2. The maximum absolute atomic E-state index is 12.4. The Morgan fingerprint density at radius 1 is 1.00 bits per heavy atom. The molecular weight excluding hydrogens is 352 g/mol. The Bertz CT molecular complexity index is 700. The fourth-order valence-electron chi connectivity index (χ4n) is 2.05. The number of aromatic nitrogens is 1. The molecule has 0 saturated heterocycles. The molecule has 1 aromatic heterocycles. The highest BCUT2D eigenvalue weighted by molar-refractivity contribution is 5.99. The number of amides is 1. The number of carbonyl (C=O) groups is 3. The van der Waals surface area contributed by atoms with E-state index in [2.05, 4.69) is 10.3 Å². The number of nitrogens with one attached hydrogen (secondary N) is 1. The van der Waals surface area contributed by atoms with E-state index in [1.165, 1.54) is 19.2 Å². The smallest absolute Gasteiger partial charge is 0.413 e. The first kappa shape index (κ1) is 22.4. The summed E-state index contributed by atoms with van der Waals surface area (Å²) >= 11 is 0. The van der Waals surface area contributed by atoms with Crippen LogP contribution in [0.2, 0.25) is 0 Å². The lowest BCUT2D eigenvalue weighted by atomic mass is 9.84. The minimum Gasteiger partial charge on any atom is -0.480 e. The van der Waals surface area contributed by atoms with Gasteiger partial charge in [0.05, 0.1) is 0 Å². The Kier molecular flexibility index (Phi) is 6.59. The highest BCUT2D eigenvalue weighted by Crippen LogP contribution is 2.27. The number of hydrogen-bond acceptors (Lipinski definition) is 6. The molecule has 0 aliphatic heterocycles. The van der Waals surface area contributed by atoms with E-state index >= 15 is 0 Å². The lowest BCUT2D eigenvalue weighted by molar-refractivity contribution is -0.175. The second kappa shape index (κ2) is 7.94. The molecule has 0 spiro atoms. The molecule has 8 heteroatoms. The van der Waals surface area contributed by atoms with Gasteiger partial charge in [-0.2, -0.15) is 0 Å². The summed E-state index contributed by atoms with van der Waals surface area (Å²) in [6, 6.07) is 3.10. The molecule has 1 amide bonds. The largest absolute Gasteiger partial charge is 0.480 e. The van der Waals surface area contributed by atoms with E-state index in [9.17, 15) is 19.5 Å². The third-order valence-corrected chi connectivity index (χ3v) is 3.33. The molecule has 0 aromatic carbocycles. The molecule has 0 saturated carbocycles. The molecule has 0 fully saturated rings. The van der Waals surface area contributed by atoms with Gasteiger partial charge in [0.2, 0.25) is 0 Å². The molecule has 2 N–H and O–H groups in total. The van der Waals surface area contributed by atoms with Gasteiger partial charge in [-0.1, -0.05) is 6.07 Å². The lowest BCUT2D eigenvalue weighted by Crippen LogP contribution is -2.43. The van der Waals surface area contributed by atoms with Gasteiger partial charge >= 0.3 is 18.0 Å². The quantitative estimate of drug-likeness (QED) is 0.594. The monoisotopic (exact) mass is 380 g/mol. The predicted molar refractivity (Wildman–Crippen MR) is 99.4 cm³/mol. The summed E-state index contributed by atoms with van der Waals surface area (Å²) in [5.41, 5.74) is -2.68. The summed E-state index contributed by atoms with van der Waals surface area (Å²) in [7, 11) is 0. The number of rotatable bonds is 5. The van der Waals surface area contributed by atoms with Crippen LogP contribution in [0.4, 0.5) is 10.6 Å². The van der Waals surface area contributed by atoms with Crippen molar-refractivity contribution in [2.24, 2.45) is 5.41 Å². The van der Waals surface area contributed by atoms with Crippen molar-refractivity contribution in [3.63, 3.8) is 0 Å². The van der Waals surface area contributed by atoms with Crippen LogP contribution in [0.1, 0.15) is 54.0 Å². The fraction of sp³-hybridized carbons (Fsp3) is 0.579. The molecule has 0 aliphatic rings. The minimum atomic E-state index is -1.75. The molecule has 0 bridgehead atoms. The highest BCUT2D eigenvalue weighted by atomic mass is 16.6. The summed E-state index contributed by atoms with van der Waals surface area (Å²) < 4.78 is 10.4. The van der Waals surface area contributed by atoms with Gasteiger partial charge in [0.1, 0.15) is 17.0 Å².